The number of hydrazine groups is 1. The number of carbonyl (C=O) groups is 1. The summed E-state index contributed by atoms with van der Waals surface area (Å²) >= 11 is 0. The van der Waals surface area contributed by atoms with Gasteiger partial charge in [-0.3, -0.25) is 9.80 Å². The van der Waals surface area contributed by atoms with Crippen molar-refractivity contribution in [3.05, 3.63) is 78.0 Å². The van der Waals surface area contributed by atoms with Crippen molar-refractivity contribution in [2.75, 3.05) is 12.1 Å². The van der Waals surface area contributed by atoms with Crippen molar-refractivity contribution in [1.82, 2.24) is 5.01 Å². The maximum atomic E-state index is 13.2. The van der Waals surface area contributed by atoms with Gasteiger partial charge < -0.3 is 5.11 Å². The molecule has 1 heterocycles. The highest BCUT2D eigenvalue weighted by Gasteiger charge is 2.29. The van der Waals surface area contributed by atoms with E-state index in [1.165, 1.54) is 0 Å². The van der Waals surface area contributed by atoms with Crippen molar-refractivity contribution in [3.63, 3.8) is 0 Å². The monoisotopic (exact) mass is 357 g/mol. The number of benzene rings is 3. The minimum Gasteiger partial charge on any atom is -0.507 e. The summed E-state index contributed by atoms with van der Waals surface area (Å²) in [5.41, 5.74) is 1.62. The number of phenols is 1. The van der Waals surface area contributed by atoms with Crippen LogP contribution in [-0.2, 0) is 4.79 Å². The number of hydrogen-bond acceptors (Lipinski definition) is 4. The molecule has 134 valence electrons. The number of carbonyl (C=O) groups excluding carboxylic acids is 1. The van der Waals surface area contributed by atoms with Gasteiger partial charge in [0.25, 0.3) is 5.91 Å². The van der Waals surface area contributed by atoms with Gasteiger partial charge >= 0.3 is 0 Å². The second kappa shape index (κ2) is 6.61. The van der Waals surface area contributed by atoms with E-state index in [4.69, 9.17) is 0 Å². The first-order valence-corrected chi connectivity index (χ1v) is 8.67. The fourth-order valence-corrected chi connectivity index (χ4v) is 3.21. The molecular weight excluding hydrogens is 338 g/mol. The summed E-state index contributed by atoms with van der Waals surface area (Å²) < 4.78 is 0. The molecule has 1 aliphatic heterocycles. The zero-order valence-corrected chi connectivity index (χ0v) is 15.1. The molecule has 27 heavy (non-hydrogen) atoms. The van der Waals surface area contributed by atoms with Crippen molar-refractivity contribution in [1.29, 1.82) is 0 Å². The quantitative estimate of drug-likeness (QED) is 0.700. The molecule has 0 saturated heterocycles. The Morgan fingerprint density at radius 3 is 2.44 bits per heavy atom. The fraction of sp³-hybridized carbons (Fsp3) is 0.0909. The number of para-hydroxylation sites is 1. The zero-order chi connectivity index (χ0) is 19.0. The lowest BCUT2D eigenvalue weighted by Gasteiger charge is -2.36. The molecule has 1 amide bonds. The summed E-state index contributed by atoms with van der Waals surface area (Å²) in [6, 6.07) is 20.7. The third-order valence-electron chi connectivity index (χ3n) is 4.69. The first-order valence-electron chi connectivity index (χ1n) is 8.67. The molecule has 0 aromatic heterocycles. The molecular formula is C22H19N3O2. The fourth-order valence-electron chi connectivity index (χ4n) is 3.21. The molecule has 0 saturated carbocycles. The van der Waals surface area contributed by atoms with Crippen LogP contribution in [0, 0.1) is 0 Å². The molecule has 0 unspecified atom stereocenters. The number of nitrogens with zero attached hydrogens (tertiary/aromatic N) is 3. The Hall–Kier alpha value is -3.60. The molecule has 0 aliphatic carbocycles. The zero-order valence-electron chi connectivity index (χ0n) is 15.1. The number of phenolic OH excluding ortho intramolecular Hbond substituents is 1. The molecule has 5 heteroatoms. The number of amides is 1. The highest BCUT2D eigenvalue weighted by atomic mass is 16.3. The number of rotatable bonds is 2. The van der Waals surface area contributed by atoms with Gasteiger partial charge in [-0.15, -0.1) is 0 Å². The van der Waals surface area contributed by atoms with E-state index in [1.807, 2.05) is 67.6 Å². The smallest absolute Gasteiger partial charge is 0.295 e. The summed E-state index contributed by atoms with van der Waals surface area (Å²) in [7, 11) is 1.80. The van der Waals surface area contributed by atoms with Gasteiger partial charge in [-0.25, -0.2) is 10.0 Å². The Morgan fingerprint density at radius 1 is 0.963 bits per heavy atom. The normalized spacial score (nSPS) is 16.1. The van der Waals surface area contributed by atoms with E-state index >= 15 is 0 Å². The Bertz CT molecular complexity index is 1090. The first kappa shape index (κ1) is 16.8. The summed E-state index contributed by atoms with van der Waals surface area (Å²) in [5.74, 6) is 0.554. The Morgan fingerprint density at radius 2 is 1.67 bits per heavy atom. The molecule has 4 rings (SSSR count). The van der Waals surface area contributed by atoms with E-state index in [9.17, 15) is 9.90 Å². The van der Waals surface area contributed by atoms with Gasteiger partial charge in [-0.1, -0.05) is 48.5 Å². The van der Waals surface area contributed by atoms with E-state index in [-0.39, 0.29) is 17.4 Å². The van der Waals surface area contributed by atoms with Crippen molar-refractivity contribution in [2.45, 2.75) is 6.92 Å². The van der Waals surface area contributed by atoms with Gasteiger partial charge in [0.2, 0.25) is 0 Å². The second-order valence-electron chi connectivity index (χ2n) is 6.38. The van der Waals surface area contributed by atoms with Crippen molar-refractivity contribution in [2.24, 2.45) is 4.99 Å². The van der Waals surface area contributed by atoms with Crippen LogP contribution in [0.3, 0.4) is 0 Å². The number of aliphatic imine (C=N–C) groups is 1. The number of amidine groups is 1. The second-order valence-corrected chi connectivity index (χ2v) is 6.38. The van der Waals surface area contributed by atoms with Crippen LogP contribution in [-0.4, -0.2) is 28.9 Å². The van der Waals surface area contributed by atoms with E-state index < -0.39 is 0 Å². The molecule has 1 N–H and O–H groups in total. The van der Waals surface area contributed by atoms with Crippen LogP contribution >= 0.6 is 0 Å². The van der Waals surface area contributed by atoms with E-state index in [0.29, 0.717) is 11.4 Å². The average Bonchev–Trinajstić information content (AvgIpc) is 2.69. The van der Waals surface area contributed by atoms with Gasteiger partial charge in [0.15, 0.2) is 0 Å². The SMILES string of the molecule is CC1=NC(=Cc2c(O)ccc3ccccc23)C(=O)N(c2ccccc2)N1C. The van der Waals surface area contributed by atoms with Crippen LogP contribution in [0.4, 0.5) is 5.69 Å². The number of fused-ring (bicyclic) bond motifs is 1. The summed E-state index contributed by atoms with van der Waals surface area (Å²) in [4.78, 5) is 17.6. The number of anilines is 1. The molecule has 0 radical (unpaired) electrons. The molecule has 5 nitrogen and oxygen atoms in total. The van der Waals surface area contributed by atoms with E-state index in [1.54, 1.807) is 29.2 Å². The highest BCUT2D eigenvalue weighted by molar-refractivity contribution is 6.14. The molecule has 0 fully saturated rings. The Kier molecular flexibility index (Phi) is 4.12. The van der Waals surface area contributed by atoms with Crippen LogP contribution in [0.2, 0.25) is 0 Å². The topological polar surface area (TPSA) is 56.1 Å². The summed E-state index contributed by atoms with van der Waals surface area (Å²) in [6.45, 7) is 1.85. The van der Waals surface area contributed by atoms with Crippen LogP contribution < -0.4 is 5.01 Å². The molecule has 1 aliphatic rings. The first-order chi connectivity index (χ1) is 13.1. The lowest BCUT2D eigenvalue weighted by Crippen LogP contribution is -2.50. The summed E-state index contributed by atoms with van der Waals surface area (Å²) in [6.07, 6.45) is 1.66. The largest absolute Gasteiger partial charge is 0.507 e. The maximum absolute atomic E-state index is 13.2. The van der Waals surface area contributed by atoms with Crippen molar-refractivity contribution >= 4 is 34.3 Å². The molecule has 3 aromatic carbocycles. The predicted octanol–water partition coefficient (Wildman–Crippen LogP) is 4.20. The third kappa shape index (κ3) is 2.93. The predicted molar refractivity (Wildman–Crippen MR) is 108 cm³/mol. The Labute approximate surface area is 157 Å². The van der Waals surface area contributed by atoms with Crippen LogP contribution in [0.15, 0.2) is 77.4 Å². The maximum Gasteiger partial charge on any atom is 0.295 e. The standard InChI is InChI=1S/C22H19N3O2/c1-15-23-20(22(27)25(24(15)2)17-9-4-3-5-10-17)14-19-18-11-7-6-8-16(18)12-13-21(19)26/h3-14,26H,1-2H3. The minimum absolute atomic E-state index is 0.118. The number of aromatic hydroxyl groups is 1. The van der Waals surface area contributed by atoms with Gasteiger partial charge in [0, 0.05) is 12.6 Å². The van der Waals surface area contributed by atoms with E-state index in [0.717, 1.165) is 16.5 Å². The average molecular weight is 357 g/mol. The van der Waals surface area contributed by atoms with E-state index in [2.05, 4.69) is 4.99 Å². The van der Waals surface area contributed by atoms with Gasteiger partial charge in [0.1, 0.15) is 17.3 Å². The highest BCUT2D eigenvalue weighted by Crippen LogP contribution is 2.31. The van der Waals surface area contributed by atoms with Crippen LogP contribution in [0.1, 0.15) is 12.5 Å². The summed E-state index contributed by atoms with van der Waals surface area (Å²) in [5, 5.41) is 15.6. The molecule has 0 spiro atoms. The van der Waals surface area contributed by atoms with Crippen molar-refractivity contribution in [3.8, 4) is 5.75 Å². The van der Waals surface area contributed by atoms with Crippen molar-refractivity contribution < 1.29 is 9.90 Å². The molecule has 3 aromatic rings. The third-order valence-corrected chi connectivity index (χ3v) is 4.69. The Balaban J connectivity index is 1.87. The van der Waals surface area contributed by atoms with Gasteiger partial charge in [-0.05, 0) is 42.0 Å². The van der Waals surface area contributed by atoms with Gasteiger partial charge in [0.05, 0.1) is 5.69 Å². The lowest BCUT2D eigenvalue weighted by atomic mass is 10.0. The molecule has 0 atom stereocenters. The minimum atomic E-state index is -0.248. The lowest BCUT2D eigenvalue weighted by molar-refractivity contribution is -0.117. The van der Waals surface area contributed by atoms with Crippen LogP contribution in [0.25, 0.3) is 16.8 Å². The number of hydrogen-bond donors (Lipinski definition) is 1. The molecule has 0 bridgehead atoms. The van der Waals surface area contributed by atoms with Gasteiger partial charge in [-0.2, -0.15) is 0 Å². The van der Waals surface area contributed by atoms with Crippen LogP contribution in [0.5, 0.6) is 5.75 Å².